The number of carbonyl (C=O) groups excluding carboxylic acids is 1. The highest BCUT2D eigenvalue weighted by Gasteiger charge is 2.31. The van der Waals surface area contributed by atoms with Crippen molar-refractivity contribution in [2.75, 3.05) is 13.1 Å². The molecule has 0 aromatic heterocycles. The third-order valence-corrected chi connectivity index (χ3v) is 3.94. The Morgan fingerprint density at radius 3 is 2.52 bits per heavy atom. The molecular weight excluding hydrogens is 290 g/mol. The second kappa shape index (κ2) is 6.53. The van der Waals surface area contributed by atoms with Gasteiger partial charge in [0.15, 0.2) is 5.17 Å². The van der Waals surface area contributed by atoms with Gasteiger partial charge in [-0.1, -0.05) is 0 Å². The zero-order valence-corrected chi connectivity index (χ0v) is 12.6. The Labute approximate surface area is 126 Å². The first-order valence-electron chi connectivity index (χ1n) is 6.57. The lowest BCUT2D eigenvalue weighted by atomic mass is 10.2. The number of nitro benzene ring substituents is 1. The van der Waals surface area contributed by atoms with Crippen molar-refractivity contribution in [3.8, 4) is 0 Å². The Morgan fingerprint density at radius 2 is 2.00 bits per heavy atom. The first-order chi connectivity index (χ1) is 10.1. The molecule has 21 heavy (non-hydrogen) atoms. The van der Waals surface area contributed by atoms with E-state index in [1.807, 2.05) is 13.8 Å². The molecule has 0 radical (unpaired) electrons. The van der Waals surface area contributed by atoms with E-state index in [4.69, 9.17) is 0 Å². The number of nitro groups is 1. The topological polar surface area (TPSA) is 75.8 Å². The van der Waals surface area contributed by atoms with Gasteiger partial charge in [0.25, 0.3) is 11.6 Å². The number of hydrogen-bond donors (Lipinski definition) is 0. The molecule has 1 fully saturated rings. The predicted molar refractivity (Wildman–Crippen MR) is 84.0 cm³/mol. The monoisotopic (exact) mass is 305 g/mol. The van der Waals surface area contributed by atoms with Gasteiger partial charge >= 0.3 is 0 Å². The molecule has 2 rings (SSSR count). The largest absolute Gasteiger partial charge is 0.287 e. The number of benzene rings is 1. The molecule has 6 nitrogen and oxygen atoms in total. The van der Waals surface area contributed by atoms with E-state index >= 15 is 0 Å². The minimum absolute atomic E-state index is 0.0333. The van der Waals surface area contributed by atoms with Crippen LogP contribution in [0, 0.1) is 10.1 Å². The molecule has 0 aliphatic carbocycles. The summed E-state index contributed by atoms with van der Waals surface area (Å²) in [5.41, 5.74) is 0.788. The first kappa shape index (κ1) is 15.2. The van der Waals surface area contributed by atoms with Crippen molar-refractivity contribution in [3.05, 3.63) is 44.8 Å². The maximum atomic E-state index is 12.2. The van der Waals surface area contributed by atoms with Gasteiger partial charge < -0.3 is 0 Å². The number of amides is 1. The van der Waals surface area contributed by atoms with Gasteiger partial charge in [0.1, 0.15) is 0 Å². The van der Waals surface area contributed by atoms with Crippen LogP contribution in [0.2, 0.25) is 0 Å². The van der Waals surface area contributed by atoms with Crippen molar-refractivity contribution in [2.45, 2.75) is 13.8 Å². The third kappa shape index (κ3) is 3.30. The number of amidine groups is 1. The summed E-state index contributed by atoms with van der Waals surface area (Å²) in [5.74, 6) is -0.0759. The van der Waals surface area contributed by atoms with Crippen LogP contribution >= 0.6 is 11.8 Å². The van der Waals surface area contributed by atoms with Gasteiger partial charge in [0.2, 0.25) is 0 Å². The highest BCUT2D eigenvalue weighted by atomic mass is 32.2. The average Bonchev–Trinajstić information content (AvgIpc) is 2.75. The smallest absolute Gasteiger partial charge is 0.269 e. The summed E-state index contributed by atoms with van der Waals surface area (Å²) in [6.07, 6.45) is 1.73. The molecule has 110 valence electrons. The maximum Gasteiger partial charge on any atom is 0.269 e. The van der Waals surface area contributed by atoms with E-state index < -0.39 is 4.92 Å². The molecule has 0 saturated carbocycles. The maximum absolute atomic E-state index is 12.2. The second-order valence-corrected chi connectivity index (χ2v) is 5.27. The van der Waals surface area contributed by atoms with Gasteiger partial charge in [0.05, 0.1) is 9.83 Å². The number of hydrogen-bond acceptors (Lipinski definition) is 5. The van der Waals surface area contributed by atoms with Gasteiger partial charge in [-0.2, -0.15) is 0 Å². The first-order valence-corrected chi connectivity index (χ1v) is 7.38. The average molecular weight is 305 g/mol. The quantitative estimate of drug-likeness (QED) is 0.487. The molecular formula is C14H15N3O3S. The van der Waals surface area contributed by atoms with E-state index in [-0.39, 0.29) is 11.6 Å². The number of likely N-dealkylation sites (N-methyl/N-ethyl adjacent to an activating group) is 1. The van der Waals surface area contributed by atoms with Crippen LogP contribution in [0.4, 0.5) is 5.69 Å². The van der Waals surface area contributed by atoms with Crippen LogP contribution in [0.3, 0.4) is 0 Å². The van der Waals surface area contributed by atoms with Crippen LogP contribution in [0.5, 0.6) is 0 Å². The van der Waals surface area contributed by atoms with Gasteiger partial charge in [-0.05, 0) is 49.4 Å². The zero-order chi connectivity index (χ0) is 15.4. The molecule has 1 heterocycles. The molecule has 1 aliphatic rings. The highest BCUT2D eigenvalue weighted by Crippen LogP contribution is 2.32. The van der Waals surface area contributed by atoms with E-state index in [0.29, 0.717) is 23.2 Å². The SMILES string of the molecule is CCN=C1S/C(=C/c2ccc([N+](=O)[O-])cc2)C(=O)N1CC. The van der Waals surface area contributed by atoms with E-state index in [2.05, 4.69) is 4.99 Å². The summed E-state index contributed by atoms with van der Waals surface area (Å²) in [5, 5.41) is 11.3. The molecule has 1 amide bonds. The lowest BCUT2D eigenvalue weighted by Gasteiger charge is -2.11. The van der Waals surface area contributed by atoms with Crippen LogP contribution in [0.1, 0.15) is 19.4 Å². The number of aliphatic imine (C=N–C) groups is 1. The van der Waals surface area contributed by atoms with E-state index in [1.165, 1.54) is 23.9 Å². The Bertz CT molecular complexity index is 623. The summed E-state index contributed by atoms with van der Waals surface area (Å²) >= 11 is 1.33. The number of non-ortho nitro benzene ring substituents is 1. The van der Waals surface area contributed by atoms with E-state index in [1.54, 1.807) is 23.1 Å². The van der Waals surface area contributed by atoms with Crippen LogP contribution in [-0.4, -0.2) is 34.0 Å². The molecule has 1 aliphatic heterocycles. The molecule has 7 heteroatoms. The van der Waals surface area contributed by atoms with Crippen molar-refractivity contribution in [1.82, 2.24) is 4.90 Å². The number of rotatable bonds is 4. The van der Waals surface area contributed by atoms with Gasteiger partial charge in [-0.3, -0.25) is 24.8 Å². The number of nitrogens with zero attached hydrogens (tertiary/aromatic N) is 3. The minimum atomic E-state index is -0.447. The lowest BCUT2D eigenvalue weighted by Crippen LogP contribution is -2.28. The van der Waals surface area contributed by atoms with Gasteiger partial charge in [0, 0.05) is 25.2 Å². The third-order valence-electron chi connectivity index (χ3n) is 2.90. The summed E-state index contributed by atoms with van der Waals surface area (Å²) in [6, 6.07) is 6.11. The molecule has 1 saturated heterocycles. The van der Waals surface area contributed by atoms with Crippen molar-refractivity contribution < 1.29 is 9.72 Å². The molecule has 1 aromatic rings. The summed E-state index contributed by atoms with van der Waals surface area (Å²) in [7, 11) is 0. The van der Waals surface area contributed by atoms with Crippen LogP contribution in [0.15, 0.2) is 34.2 Å². The molecule has 0 spiro atoms. The Morgan fingerprint density at radius 1 is 1.33 bits per heavy atom. The highest BCUT2D eigenvalue weighted by molar-refractivity contribution is 8.18. The van der Waals surface area contributed by atoms with Crippen molar-refractivity contribution in [1.29, 1.82) is 0 Å². The Balaban J connectivity index is 2.27. The molecule has 0 bridgehead atoms. The molecule has 1 aromatic carbocycles. The molecule has 0 unspecified atom stereocenters. The summed E-state index contributed by atoms with van der Waals surface area (Å²) in [4.78, 5) is 28.9. The molecule has 0 atom stereocenters. The van der Waals surface area contributed by atoms with Crippen LogP contribution in [-0.2, 0) is 4.79 Å². The lowest BCUT2D eigenvalue weighted by molar-refractivity contribution is -0.384. The van der Waals surface area contributed by atoms with E-state index in [0.717, 1.165) is 5.56 Å². The van der Waals surface area contributed by atoms with Crippen LogP contribution < -0.4 is 0 Å². The second-order valence-electron chi connectivity index (χ2n) is 4.27. The number of carbonyl (C=O) groups is 1. The normalized spacial score (nSPS) is 18.8. The zero-order valence-electron chi connectivity index (χ0n) is 11.8. The minimum Gasteiger partial charge on any atom is -0.287 e. The van der Waals surface area contributed by atoms with Crippen molar-refractivity contribution >= 4 is 34.6 Å². The number of thioether (sulfide) groups is 1. The van der Waals surface area contributed by atoms with Crippen molar-refractivity contribution in [2.24, 2.45) is 4.99 Å². The summed E-state index contributed by atoms with van der Waals surface area (Å²) in [6.45, 7) is 5.02. The van der Waals surface area contributed by atoms with Crippen LogP contribution in [0.25, 0.3) is 6.08 Å². The predicted octanol–water partition coefficient (Wildman–Crippen LogP) is 2.91. The Hall–Kier alpha value is -2.15. The Kier molecular flexibility index (Phi) is 4.74. The fourth-order valence-electron chi connectivity index (χ4n) is 1.88. The standard InChI is InChI=1S/C14H15N3O3S/c1-3-15-14-16(4-2)13(18)12(21-14)9-10-5-7-11(8-6-10)17(19)20/h5-9H,3-4H2,1-2H3/b12-9+,15-14?. The van der Waals surface area contributed by atoms with Crippen molar-refractivity contribution in [3.63, 3.8) is 0 Å². The van der Waals surface area contributed by atoms with Gasteiger partial charge in [-0.25, -0.2) is 0 Å². The fourth-order valence-corrected chi connectivity index (χ4v) is 2.99. The molecule has 0 N–H and O–H groups in total. The fraction of sp³-hybridized carbons (Fsp3) is 0.286. The van der Waals surface area contributed by atoms with Gasteiger partial charge in [-0.15, -0.1) is 0 Å². The summed E-state index contributed by atoms with van der Waals surface area (Å²) < 4.78 is 0. The van der Waals surface area contributed by atoms with E-state index in [9.17, 15) is 14.9 Å².